The van der Waals surface area contributed by atoms with Crippen LogP contribution in [0.1, 0.15) is 43.6 Å². The molecule has 0 radical (unpaired) electrons. The number of carbonyl (C=O) groups is 1. The Morgan fingerprint density at radius 3 is 2.53 bits per heavy atom. The molecule has 1 aromatic rings. The first-order valence-electron chi connectivity index (χ1n) is 6.99. The molecule has 3 nitrogen and oxygen atoms in total. The summed E-state index contributed by atoms with van der Waals surface area (Å²) in [6, 6.07) is 8.55. The van der Waals surface area contributed by atoms with E-state index in [0.29, 0.717) is 6.54 Å². The third kappa shape index (κ3) is 4.43. The maximum absolute atomic E-state index is 10.3. The van der Waals surface area contributed by atoms with Gasteiger partial charge in [-0.3, -0.25) is 0 Å². The smallest absolute Gasteiger partial charge is 0.328 e. The number of hydrogen-bond acceptors (Lipinski definition) is 2. The molecule has 0 bridgehead atoms. The highest BCUT2D eigenvalue weighted by Crippen LogP contribution is 2.32. The largest absolute Gasteiger partial charge is 0.478 e. The lowest BCUT2D eigenvalue weighted by atomic mass is 9.84. The Kier molecular flexibility index (Phi) is 5.01. The topological polar surface area (TPSA) is 49.3 Å². The summed E-state index contributed by atoms with van der Waals surface area (Å²) < 4.78 is 0. The summed E-state index contributed by atoms with van der Waals surface area (Å²) in [7, 11) is 0. The second kappa shape index (κ2) is 6.98. The minimum atomic E-state index is -0.908. The molecule has 19 heavy (non-hydrogen) atoms. The van der Waals surface area contributed by atoms with Gasteiger partial charge >= 0.3 is 5.97 Å². The number of carboxylic acid groups (broad SMARTS) is 1. The maximum atomic E-state index is 10.3. The molecule has 1 fully saturated rings. The van der Waals surface area contributed by atoms with Crippen molar-refractivity contribution >= 4 is 11.7 Å². The molecule has 1 aliphatic carbocycles. The van der Waals surface area contributed by atoms with Crippen molar-refractivity contribution in [1.29, 1.82) is 0 Å². The molecule has 1 aromatic carbocycles. The number of carboxylic acids is 1. The first kappa shape index (κ1) is 13.7. The molecule has 2 rings (SSSR count). The number of rotatable bonds is 5. The number of aliphatic carboxylic acids is 1. The Labute approximate surface area is 114 Å². The van der Waals surface area contributed by atoms with Crippen molar-refractivity contribution in [3.05, 3.63) is 42.0 Å². The first-order chi connectivity index (χ1) is 9.25. The van der Waals surface area contributed by atoms with E-state index in [0.717, 1.165) is 17.7 Å². The molecule has 102 valence electrons. The number of hydrogen-bond donors (Lipinski definition) is 2. The van der Waals surface area contributed by atoms with Gasteiger partial charge in [-0.25, -0.2) is 4.79 Å². The van der Waals surface area contributed by atoms with E-state index in [-0.39, 0.29) is 0 Å². The van der Waals surface area contributed by atoms with Crippen LogP contribution in [0.2, 0.25) is 0 Å². The molecule has 0 saturated heterocycles. The molecule has 2 N–H and O–H groups in total. The van der Waals surface area contributed by atoms with E-state index in [9.17, 15) is 4.79 Å². The zero-order chi connectivity index (χ0) is 13.5. The van der Waals surface area contributed by atoms with Gasteiger partial charge in [-0.2, -0.15) is 0 Å². The lowest BCUT2D eigenvalue weighted by Gasteiger charge is -2.22. The highest BCUT2D eigenvalue weighted by atomic mass is 16.4. The van der Waals surface area contributed by atoms with Crippen molar-refractivity contribution in [2.24, 2.45) is 0 Å². The van der Waals surface area contributed by atoms with Crippen LogP contribution >= 0.6 is 0 Å². The predicted molar refractivity (Wildman–Crippen MR) is 77.5 cm³/mol. The quantitative estimate of drug-likeness (QED) is 0.791. The van der Waals surface area contributed by atoms with Crippen molar-refractivity contribution in [3.63, 3.8) is 0 Å². The molecule has 3 heteroatoms. The summed E-state index contributed by atoms with van der Waals surface area (Å²) in [6.45, 7) is 0.537. The monoisotopic (exact) mass is 259 g/mol. The van der Waals surface area contributed by atoms with Crippen LogP contribution in [0.3, 0.4) is 0 Å². The average Bonchev–Trinajstić information content (AvgIpc) is 2.45. The van der Waals surface area contributed by atoms with Gasteiger partial charge in [-0.05, 0) is 36.5 Å². The van der Waals surface area contributed by atoms with Gasteiger partial charge in [0, 0.05) is 18.3 Å². The Balaban J connectivity index is 1.85. The molecule has 0 unspecified atom stereocenters. The van der Waals surface area contributed by atoms with Gasteiger partial charge in [-0.15, -0.1) is 0 Å². The molecular formula is C16H21NO2. The highest BCUT2D eigenvalue weighted by molar-refractivity contribution is 5.79. The van der Waals surface area contributed by atoms with Gasteiger partial charge in [0.25, 0.3) is 0 Å². The van der Waals surface area contributed by atoms with Crippen LogP contribution < -0.4 is 5.32 Å². The standard InChI is InChI=1S/C16H21NO2/c18-16(19)7-4-12-17-15-10-8-14(9-11-15)13-5-2-1-3-6-13/h4,7-11,13,17H,1-3,5-6,12H2,(H,18,19)/b7-4+. The van der Waals surface area contributed by atoms with E-state index >= 15 is 0 Å². The van der Waals surface area contributed by atoms with E-state index < -0.39 is 5.97 Å². The minimum Gasteiger partial charge on any atom is -0.478 e. The van der Waals surface area contributed by atoms with Gasteiger partial charge in [0.2, 0.25) is 0 Å². The summed E-state index contributed by atoms with van der Waals surface area (Å²) in [5.41, 5.74) is 2.47. The average molecular weight is 259 g/mol. The fourth-order valence-corrected chi connectivity index (χ4v) is 2.65. The summed E-state index contributed by atoms with van der Waals surface area (Å²) in [5.74, 6) is -0.177. The van der Waals surface area contributed by atoms with Gasteiger partial charge < -0.3 is 10.4 Å². The molecular weight excluding hydrogens is 238 g/mol. The van der Waals surface area contributed by atoms with Crippen LogP contribution in [0.25, 0.3) is 0 Å². The second-order valence-corrected chi connectivity index (χ2v) is 5.08. The number of anilines is 1. The van der Waals surface area contributed by atoms with Crippen LogP contribution in [0, 0.1) is 0 Å². The summed E-state index contributed by atoms with van der Waals surface area (Å²) in [5, 5.41) is 11.7. The Morgan fingerprint density at radius 1 is 1.21 bits per heavy atom. The number of nitrogens with one attached hydrogen (secondary N) is 1. The molecule has 0 heterocycles. The van der Waals surface area contributed by atoms with E-state index in [1.807, 2.05) is 0 Å². The Bertz CT molecular complexity index is 431. The van der Waals surface area contributed by atoms with Crippen LogP contribution in [0.5, 0.6) is 0 Å². The summed E-state index contributed by atoms with van der Waals surface area (Å²) in [4.78, 5) is 10.3. The van der Waals surface area contributed by atoms with Crippen molar-refractivity contribution < 1.29 is 9.90 Å². The van der Waals surface area contributed by atoms with Crippen LogP contribution in [-0.2, 0) is 4.79 Å². The first-order valence-corrected chi connectivity index (χ1v) is 6.99. The van der Waals surface area contributed by atoms with Crippen LogP contribution in [-0.4, -0.2) is 17.6 Å². The normalized spacial score (nSPS) is 16.6. The minimum absolute atomic E-state index is 0.537. The lowest BCUT2D eigenvalue weighted by molar-refractivity contribution is -0.131. The maximum Gasteiger partial charge on any atom is 0.328 e. The predicted octanol–water partition coefficient (Wildman–Crippen LogP) is 3.79. The van der Waals surface area contributed by atoms with Gasteiger partial charge in [0.05, 0.1) is 0 Å². The van der Waals surface area contributed by atoms with Gasteiger partial charge in [0.15, 0.2) is 0 Å². The molecule has 0 atom stereocenters. The molecule has 1 saturated carbocycles. The Morgan fingerprint density at radius 2 is 1.89 bits per heavy atom. The zero-order valence-electron chi connectivity index (χ0n) is 11.1. The molecule has 0 aliphatic heterocycles. The molecule has 1 aliphatic rings. The van der Waals surface area contributed by atoms with E-state index in [4.69, 9.17) is 5.11 Å². The van der Waals surface area contributed by atoms with Crippen LogP contribution in [0.4, 0.5) is 5.69 Å². The van der Waals surface area contributed by atoms with Crippen molar-refractivity contribution in [2.75, 3.05) is 11.9 Å². The second-order valence-electron chi connectivity index (χ2n) is 5.08. The summed E-state index contributed by atoms with van der Waals surface area (Å²) >= 11 is 0. The third-order valence-corrected chi connectivity index (χ3v) is 3.67. The van der Waals surface area contributed by atoms with Gasteiger partial charge in [0.1, 0.15) is 0 Å². The lowest BCUT2D eigenvalue weighted by Crippen LogP contribution is -2.05. The summed E-state index contributed by atoms with van der Waals surface area (Å²) in [6.07, 6.45) is 9.48. The third-order valence-electron chi connectivity index (χ3n) is 3.67. The fourth-order valence-electron chi connectivity index (χ4n) is 2.65. The zero-order valence-corrected chi connectivity index (χ0v) is 11.1. The molecule has 0 spiro atoms. The number of benzene rings is 1. The van der Waals surface area contributed by atoms with Crippen molar-refractivity contribution in [2.45, 2.75) is 38.0 Å². The fraction of sp³-hybridized carbons (Fsp3) is 0.438. The van der Waals surface area contributed by atoms with Crippen LogP contribution in [0.15, 0.2) is 36.4 Å². The highest BCUT2D eigenvalue weighted by Gasteiger charge is 2.14. The van der Waals surface area contributed by atoms with Gasteiger partial charge in [-0.1, -0.05) is 37.5 Å². The molecule has 0 aromatic heterocycles. The Hall–Kier alpha value is -1.77. The van der Waals surface area contributed by atoms with E-state index in [1.54, 1.807) is 6.08 Å². The van der Waals surface area contributed by atoms with E-state index in [1.165, 1.54) is 37.7 Å². The molecule has 0 amide bonds. The SMILES string of the molecule is O=C(O)/C=C/CNc1ccc(C2CCCCC2)cc1. The van der Waals surface area contributed by atoms with Crippen molar-refractivity contribution in [1.82, 2.24) is 0 Å². The van der Waals surface area contributed by atoms with Crippen molar-refractivity contribution in [3.8, 4) is 0 Å². The van der Waals surface area contributed by atoms with E-state index in [2.05, 4.69) is 29.6 Å².